The first-order valence-electron chi connectivity index (χ1n) is 7.22. The average molecular weight is 256 g/mol. The van der Waals surface area contributed by atoms with Crippen molar-refractivity contribution in [2.45, 2.75) is 39.0 Å². The van der Waals surface area contributed by atoms with Crippen LogP contribution in [0.1, 0.15) is 39.0 Å². The van der Waals surface area contributed by atoms with Gasteiger partial charge in [-0.25, -0.2) is 0 Å². The van der Waals surface area contributed by atoms with Crippen molar-refractivity contribution in [1.29, 1.82) is 0 Å². The van der Waals surface area contributed by atoms with E-state index in [1.165, 1.54) is 32.1 Å². The first-order valence-corrected chi connectivity index (χ1v) is 7.22. The first-order chi connectivity index (χ1) is 8.76. The molecule has 0 bridgehead atoms. The van der Waals surface area contributed by atoms with Gasteiger partial charge in [-0.15, -0.1) is 0 Å². The van der Waals surface area contributed by atoms with E-state index in [1.807, 2.05) is 0 Å². The molecule has 4 heteroatoms. The Hall–Kier alpha value is -0.610. The van der Waals surface area contributed by atoms with E-state index in [0.717, 1.165) is 18.4 Å². The molecule has 0 unspecified atom stereocenters. The van der Waals surface area contributed by atoms with E-state index in [9.17, 15) is 4.79 Å². The van der Waals surface area contributed by atoms with E-state index < -0.39 is 0 Å². The summed E-state index contributed by atoms with van der Waals surface area (Å²) in [5.41, 5.74) is 0. The van der Waals surface area contributed by atoms with E-state index in [1.54, 1.807) is 7.11 Å². The summed E-state index contributed by atoms with van der Waals surface area (Å²) in [6, 6.07) is 0. The summed E-state index contributed by atoms with van der Waals surface area (Å²) < 4.78 is 4.88. The van der Waals surface area contributed by atoms with Gasteiger partial charge in [-0.2, -0.15) is 0 Å². The van der Waals surface area contributed by atoms with Crippen LogP contribution in [0.25, 0.3) is 0 Å². The maximum absolute atomic E-state index is 11.4. The largest absolute Gasteiger partial charge is 0.383 e. The Labute approximate surface area is 111 Å². The molecule has 0 aromatic rings. The molecule has 0 aliphatic heterocycles. The minimum absolute atomic E-state index is 0.0642. The Morgan fingerprint density at radius 2 is 1.89 bits per heavy atom. The van der Waals surface area contributed by atoms with Crippen molar-refractivity contribution in [3.8, 4) is 0 Å². The van der Waals surface area contributed by atoms with Gasteiger partial charge in [0, 0.05) is 13.7 Å². The number of hydrogen-bond donors (Lipinski definition) is 2. The predicted molar refractivity (Wildman–Crippen MR) is 73.5 cm³/mol. The van der Waals surface area contributed by atoms with Gasteiger partial charge in [0.25, 0.3) is 0 Å². The van der Waals surface area contributed by atoms with Crippen molar-refractivity contribution in [3.63, 3.8) is 0 Å². The van der Waals surface area contributed by atoms with Crippen LogP contribution in [0.3, 0.4) is 0 Å². The third-order valence-corrected chi connectivity index (χ3v) is 3.89. The molecule has 0 atom stereocenters. The van der Waals surface area contributed by atoms with E-state index in [2.05, 4.69) is 17.6 Å². The van der Waals surface area contributed by atoms with Gasteiger partial charge in [-0.05, 0) is 31.2 Å². The molecule has 0 spiro atoms. The normalized spacial score (nSPS) is 23.9. The Kier molecular flexibility index (Phi) is 8.01. The summed E-state index contributed by atoms with van der Waals surface area (Å²) in [5.74, 6) is 1.77. The van der Waals surface area contributed by atoms with Crippen molar-refractivity contribution >= 4 is 5.91 Å². The molecule has 0 aromatic heterocycles. The molecule has 1 fully saturated rings. The van der Waals surface area contributed by atoms with Crippen LogP contribution in [0, 0.1) is 11.8 Å². The number of hydrogen-bond acceptors (Lipinski definition) is 3. The molecule has 0 radical (unpaired) electrons. The van der Waals surface area contributed by atoms with Crippen LogP contribution in [0.2, 0.25) is 0 Å². The number of nitrogens with one attached hydrogen (secondary N) is 2. The summed E-state index contributed by atoms with van der Waals surface area (Å²) >= 11 is 0. The second-order valence-corrected chi connectivity index (χ2v) is 5.27. The van der Waals surface area contributed by atoms with Crippen molar-refractivity contribution in [2.75, 3.05) is 33.4 Å². The smallest absolute Gasteiger partial charge is 0.234 e. The minimum atomic E-state index is 0.0642. The van der Waals surface area contributed by atoms with Crippen LogP contribution in [0.15, 0.2) is 0 Å². The number of carbonyl (C=O) groups is 1. The van der Waals surface area contributed by atoms with Crippen LogP contribution in [0.4, 0.5) is 0 Å². The average Bonchev–Trinajstić information content (AvgIpc) is 2.40. The molecule has 0 aromatic carbocycles. The van der Waals surface area contributed by atoms with Gasteiger partial charge in [0.1, 0.15) is 0 Å². The van der Waals surface area contributed by atoms with Gasteiger partial charge in [0.05, 0.1) is 13.2 Å². The van der Waals surface area contributed by atoms with E-state index >= 15 is 0 Å². The Morgan fingerprint density at radius 1 is 1.22 bits per heavy atom. The van der Waals surface area contributed by atoms with Crippen LogP contribution in [-0.4, -0.2) is 39.3 Å². The molecule has 106 valence electrons. The second kappa shape index (κ2) is 9.34. The van der Waals surface area contributed by atoms with Crippen molar-refractivity contribution in [3.05, 3.63) is 0 Å². The fourth-order valence-electron chi connectivity index (χ4n) is 2.59. The fourth-order valence-corrected chi connectivity index (χ4v) is 2.59. The van der Waals surface area contributed by atoms with Crippen molar-refractivity contribution in [2.24, 2.45) is 11.8 Å². The predicted octanol–water partition coefficient (Wildman–Crippen LogP) is 1.55. The van der Waals surface area contributed by atoms with E-state index in [-0.39, 0.29) is 5.91 Å². The van der Waals surface area contributed by atoms with E-state index in [0.29, 0.717) is 19.7 Å². The lowest BCUT2D eigenvalue weighted by atomic mass is 9.81. The van der Waals surface area contributed by atoms with Gasteiger partial charge in [0.2, 0.25) is 5.91 Å². The zero-order valence-corrected chi connectivity index (χ0v) is 11.8. The third kappa shape index (κ3) is 6.36. The lowest BCUT2D eigenvalue weighted by Gasteiger charge is -2.27. The summed E-state index contributed by atoms with van der Waals surface area (Å²) in [4.78, 5) is 11.4. The second-order valence-electron chi connectivity index (χ2n) is 5.27. The Morgan fingerprint density at radius 3 is 2.50 bits per heavy atom. The summed E-state index contributed by atoms with van der Waals surface area (Å²) in [7, 11) is 1.64. The molecule has 0 saturated heterocycles. The maximum atomic E-state index is 11.4. The highest BCUT2D eigenvalue weighted by Gasteiger charge is 2.19. The molecule has 1 saturated carbocycles. The lowest BCUT2D eigenvalue weighted by Crippen LogP contribution is -2.37. The standard InChI is InChI=1S/C14H28N2O2/c1-3-12-4-6-13(7-5-12)10-15-11-14(17)16-8-9-18-2/h12-13,15H,3-11H2,1-2H3,(H,16,17). The monoisotopic (exact) mass is 256 g/mol. The molecule has 1 aliphatic rings. The van der Waals surface area contributed by atoms with Gasteiger partial charge >= 0.3 is 0 Å². The highest BCUT2D eigenvalue weighted by Crippen LogP contribution is 2.29. The van der Waals surface area contributed by atoms with Crippen LogP contribution in [0.5, 0.6) is 0 Å². The zero-order valence-electron chi connectivity index (χ0n) is 11.8. The molecular weight excluding hydrogens is 228 g/mol. The SMILES string of the molecule is CCC1CCC(CNCC(=O)NCCOC)CC1. The molecule has 18 heavy (non-hydrogen) atoms. The fraction of sp³-hybridized carbons (Fsp3) is 0.929. The van der Waals surface area contributed by atoms with Gasteiger partial charge in [0.15, 0.2) is 0 Å². The minimum Gasteiger partial charge on any atom is -0.383 e. The molecule has 2 N–H and O–H groups in total. The van der Waals surface area contributed by atoms with Crippen LogP contribution in [-0.2, 0) is 9.53 Å². The number of methoxy groups -OCH3 is 1. The maximum Gasteiger partial charge on any atom is 0.234 e. The quantitative estimate of drug-likeness (QED) is 0.648. The zero-order chi connectivity index (χ0) is 13.2. The molecule has 4 nitrogen and oxygen atoms in total. The number of rotatable bonds is 8. The number of amides is 1. The van der Waals surface area contributed by atoms with Gasteiger partial charge < -0.3 is 15.4 Å². The lowest BCUT2D eigenvalue weighted by molar-refractivity contribution is -0.120. The number of carbonyl (C=O) groups excluding carboxylic acids is 1. The Bertz CT molecular complexity index is 226. The molecule has 1 rings (SSSR count). The van der Waals surface area contributed by atoms with Crippen LogP contribution >= 0.6 is 0 Å². The summed E-state index contributed by atoms with van der Waals surface area (Å²) in [6.07, 6.45) is 6.68. The van der Waals surface area contributed by atoms with Crippen LogP contribution < -0.4 is 10.6 Å². The Balaban J connectivity index is 1.99. The summed E-state index contributed by atoms with van der Waals surface area (Å²) in [6.45, 7) is 4.87. The van der Waals surface area contributed by atoms with E-state index in [4.69, 9.17) is 4.74 Å². The van der Waals surface area contributed by atoms with Gasteiger partial charge in [-0.1, -0.05) is 26.2 Å². The topological polar surface area (TPSA) is 50.4 Å². The molecule has 0 heterocycles. The van der Waals surface area contributed by atoms with Gasteiger partial charge in [-0.3, -0.25) is 4.79 Å². The highest BCUT2D eigenvalue weighted by molar-refractivity contribution is 5.77. The van der Waals surface area contributed by atoms with Crippen molar-refractivity contribution in [1.82, 2.24) is 10.6 Å². The highest BCUT2D eigenvalue weighted by atomic mass is 16.5. The third-order valence-electron chi connectivity index (χ3n) is 3.89. The number of ether oxygens (including phenoxy) is 1. The molecule has 1 amide bonds. The summed E-state index contributed by atoms with van der Waals surface area (Å²) in [5, 5.41) is 6.07. The first kappa shape index (κ1) is 15.4. The molecular formula is C14H28N2O2. The molecule has 1 aliphatic carbocycles. The van der Waals surface area contributed by atoms with Crippen molar-refractivity contribution < 1.29 is 9.53 Å².